The van der Waals surface area contributed by atoms with Gasteiger partial charge in [0.05, 0.1) is 12.7 Å². The monoisotopic (exact) mass is 362 g/mol. The van der Waals surface area contributed by atoms with E-state index in [1.54, 1.807) is 24.3 Å². The first-order valence-electron chi connectivity index (χ1n) is 8.33. The number of benzene rings is 3. The molecule has 3 rings (SSSR count). The Balaban J connectivity index is 1.70. The molecule has 0 N–H and O–H groups in total. The molecule has 0 amide bonds. The van der Waals surface area contributed by atoms with Crippen molar-refractivity contribution in [1.29, 1.82) is 0 Å². The van der Waals surface area contributed by atoms with Crippen molar-refractivity contribution in [2.45, 2.75) is 6.61 Å². The third-order valence-corrected chi connectivity index (χ3v) is 3.83. The Morgan fingerprint density at radius 1 is 0.778 bits per heavy atom. The van der Waals surface area contributed by atoms with Crippen molar-refractivity contribution in [2.24, 2.45) is 0 Å². The van der Waals surface area contributed by atoms with Crippen LogP contribution in [-0.4, -0.2) is 19.0 Å². The number of esters is 2. The number of hydrogen-bond acceptors (Lipinski definition) is 5. The maximum absolute atomic E-state index is 12.5. The Labute approximate surface area is 157 Å². The average Bonchev–Trinajstić information content (AvgIpc) is 2.73. The van der Waals surface area contributed by atoms with Gasteiger partial charge in [-0.25, -0.2) is 9.59 Å². The molecular weight excluding hydrogens is 344 g/mol. The molecule has 0 aliphatic heterocycles. The minimum Gasteiger partial charge on any atom is -0.488 e. The maximum atomic E-state index is 12.5. The zero-order chi connectivity index (χ0) is 19.1. The average molecular weight is 362 g/mol. The van der Waals surface area contributed by atoms with Crippen LogP contribution in [0.15, 0.2) is 78.9 Å². The van der Waals surface area contributed by atoms with Crippen LogP contribution in [0.4, 0.5) is 0 Å². The lowest BCUT2D eigenvalue weighted by molar-refractivity contribution is 0.0600. The number of rotatable bonds is 6. The summed E-state index contributed by atoms with van der Waals surface area (Å²) in [6.07, 6.45) is 0. The highest BCUT2D eigenvalue weighted by molar-refractivity contribution is 5.94. The summed E-state index contributed by atoms with van der Waals surface area (Å²) < 4.78 is 15.8. The number of carbonyl (C=O) groups is 2. The molecule has 27 heavy (non-hydrogen) atoms. The number of ether oxygens (including phenoxy) is 3. The van der Waals surface area contributed by atoms with Crippen LogP contribution in [0.3, 0.4) is 0 Å². The lowest BCUT2D eigenvalue weighted by atomic mass is 10.2. The van der Waals surface area contributed by atoms with E-state index in [0.717, 1.165) is 5.56 Å². The zero-order valence-corrected chi connectivity index (χ0v) is 14.8. The predicted molar refractivity (Wildman–Crippen MR) is 100.0 cm³/mol. The van der Waals surface area contributed by atoms with Crippen LogP contribution in [0.1, 0.15) is 26.3 Å². The van der Waals surface area contributed by atoms with Crippen molar-refractivity contribution in [3.8, 4) is 11.5 Å². The predicted octanol–water partition coefficient (Wildman–Crippen LogP) is 4.27. The van der Waals surface area contributed by atoms with Crippen molar-refractivity contribution in [2.75, 3.05) is 7.11 Å². The Kier molecular flexibility index (Phi) is 5.84. The molecule has 5 heteroatoms. The van der Waals surface area contributed by atoms with E-state index >= 15 is 0 Å². The Hall–Kier alpha value is -3.60. The summed E-state index contributed by atoms with van der Waals surface area (Å²) in [4.78, 5) is 24.0. The van der Waals surface area contributed by atoms with E-state index in [1.165, 1.54) is 31.4 Å². The number of hydrogen-bond donors (Lipinski definition) is 0. The van der Waals surface area contributed by atoms with Crippen LogP contribution in [0.5, 0.6) is 11.5 Å². The molecule has 0 fully saturated rings. The van der Waals surface area contributed by atoms with Gasteiger partial charge in [-0.2, -0.15) is 0 Å². The lowest BCUT2D eigenvalue weighted by Crippen LogP contribution is -2.11. The molecule has 0 atom stereocenters. The van der Waals surface area contributed by atoms with Gasteiger partial charge >= 0.3 is 11.9 Å². The van der Waals surface area contributed by atoms with Gasteiger partial charge in [-0.1, -0.05) is 42.5 Å². The third kappa shape index (κ3) is 4.73. The topological polar surface area (TPSA) is 61.8 Å². The van der Waals surface area contributed by atoms with Crippen molar-refractivity contribution in [3.05, 3.63) is 95.6 Å². The van der Waals surface area contributed by atoms with E-state index in [4.69, 9.17) is 9.47 Å². The summed E-state index contributed by atoms with van der Waals surface area (Å²) in [5.74, 6) is -0.222. The van der Waals surface area contributed by atoms with Crippen LogP contribution in [0.2, 0.25) is 0 Å². The molecule has 3 aromatic rings. The lowest BCUT2D eigenvalue weighted by Gasteiger charge is -2.11. The van der Waals surface area contributed by atoms with Crippen molar-refractivity contribution >= 4 is 11.9 Å². The quantitative estimate of drug-likeness (QED) is 0.484. The highest BCUT2D eigenvalue weighted by Gasteiger charge is 2.15. The SMILES string of the molecule is COC(=O)c1ccc(OC(=O)c2ccccc2OCc2ccccc2)cc1. The molecule has 0 saturated heterocycles. The molecule has 0 aliphatic rings. The van der Waals surface area contributed by atoms with Gasteiger partial charge in [-0.05, 0) is 42.0 Å². The Bertz CT molecular complexity index is 917. The smallest absolute Gasteiger partial charge is 0.347 e. The summed E-state index contributed by atoms with van der Waals surface area (Å²) in [5, 5.41) is 0. The van der Waals surface area contributed by atoms with Gasteiger partial charge in [0.1, 0.15) is 23.7 Å². The fraction of sp³-hybridized carbons (Fsp3) is 0.0909. The minimum atomic E-state index is -0.538. The van der Waals surface area contributed by atoms with Gasteiger partial charge < -0.3 is 14.2 Å². The summed E-state index contributed by atoms with van der Waals surface area (Å²) in [7, 11) is 1.31. The van der Waals surface area contributed by atoms with Crippen LogP contribution in [-0.2, 0) is 11.3 Å². The van der Waals surface area contributed by atoms with E-state index < -0.39 is 11.9 Å². The standard InChI is InChI=1S/C22H18O5/c1-25-21(23)17-11-13-18(14-12-17)27-22(24)19-9-5-6-10-20(19)26-15-16-7-3-2-4-8-16/h2-14H,15H2,1H3. The first kappa shape index (κ1) is 18.2. The zero-order valence-electron chi connectivity index (χ0n) is 14.8. The van der Waals surface area contributed by atoms with E-state index in [0.29, 0.717) is 29.2 Å². The van der Waals surface area contributed by atoms with Gasteiger partial charge in [0.2, 0.25) is 0 Å². The highest BCUT2D eigenvalue weighted by atomic mass is 16.5. The molecule has 5 nitrogen and oxygen atoms in total. The molecular formula is C22H18O5. The van der Waals surface area contributed by atoms with E-state index in [1.807, 2.05) is 30.3 Å². The van der Waals surface area contributed by atoms with Crippen molar-refractivity contribution in [1.82, 2.24) is 0 Å². The second-order valence-corrected chi connectivity index (χ2v) is 5.68. The van der Waals surface area contributed by atoms with Gasteiger partial charge in [-0.15, -0.1) is 0 Å². The van der Waals surface area contributed by atoms with Gasteiger partial charge in [0.15, 0.2) is 0 Å². The molecule has 0 saturated carbocycles. The summed E-state index contributed by atoms with van der Waals surface area (Å²) >= 11 is 0. The number of para-hydroxylation sites is 1. The van der Waals surface area contributed by atoms with Crippen LogP contribution < -0.4 is 9.47 Å². The first-order chi connectivity index (χ1) is 13.2. The number of carbonyl (C=O) groups excluding carboxylic acids is 2. The van der Waals surface area contributed by atoms with Crippen molar-refractivity contribution < 1.29 is 23.8 Å². The van der Waals surface area contributed by atoms with Crippen LogP contribution in [0, 0.1) is 0 Å². The molecule has 0 unspecified atom stereocenters. The molecule has 0 aliphatic carbocycles. The molecule has 0 radical (unpaired) electrons. The van der Waals surface area contributed by atoms with E-state index in [9.17, 15) is 9.59 Å². The van der Waals surface area contributed by atoms with Crippen LogP contribution in [0.25, 0.3) is 0 Å². The first-order valence-corrected chi connectivity index (χ1v) is 8.33. The summed E-state index contributed by atoms with van der Waals surface area (Å²) in [6, 6.07) is 22.7. The summed E-state index contributed by atoms with van der Waals surface area (Å²) in [6.45, 7) is 0.346. The van der Waals surface area contributed by atoms with Crippen molar-refractivity contribution in [3.63, 3.8) is 0 Å². The normalized spacial score (nSPS) is 10.1. The second-order valence-electron chi connectivity index (χ2n) is 5.68. The molecule has 0 heterocycles. The molecule has 136 valence electrons. The second kappa shape index (κ2) is 8.67. The minimum absolute atomic E-state index is 0.325. The van der Waals surface area contributed by atoms with Crippen LogP contribution >= 0.6 is 0 Å². The Morgan fingerprint density at radius 3 is 2.15 bits per heavy atom. The number of methoxy groups -OCH3 is 1. The van der Waals surface area contributed by atoms with Gasteiger partial charge in [-0.3, -0.25) is 0 Å². The third-order valence-electron chi connectivity index (χ3n) is 3.83. The fourth-order valence-electron chi connectivity index (χ4n) is 2.44. The van der Waals surface area contributed by atoms with E-state index in [2.05, 4.69) is 4.74 Å². The van der Waals surface area contributed by atoms with E-state index in [-0.39, 0.29) is 0 Å². The summed E-state index contributed by atoms with van der Waals surface area (Å²) in [5.41, 5.74) is 1.70. The molecule has 3 aromatic carbocycles. The van der Waals surface area contributed by atoms with Gasteiger partial charge in [0.25, 0.3) is 0 Å². The van der Waals surface area contributed by atoms with Gasteiger partial charge in [0, 0.05) is 0 Å². The molecule has 0 bridgehead atoms. The largest absolute Gasteiger partial charge is 0.488 e. The fourth-order valence-corrected chi connectivity index (χ4v) is 2.44. The highest BCUT2D eigenvalue weighted by Crippen LogP contribution is 2.22. The Morgan fingerprint density at radius 2 is 1.44 bits per heavy atom. The molecule has 0 spiro atoms. The molecule has 0 aromatic heterocycles. The maximum Gasteiger partial charge on any atom is 0.347 e.